The van der Waals surface area contributed by atoms with Gasteiger partial charge in [0, 0.05) is 18.3 Å². The van der Waals surface area contributed by atoms with Crippen molar-refractivity contribution >= 4 is 0 Å². The lowest BCUT2D eigenvalue weighted by Gasteiger charge is -2.05. The third kappa shape index (κ3) is 3.86. The number of hydrogen-bond donors (Lipinski definition) is 1. The Kier molecular flexibility index (Phi) is 4.27. The average molecular weight is 265 g/mol. The van der Waals surface area contributed by atoms with E-state index in [1.165, 1.54) is 12.1 Å². The van der Waals surface area contributed by atoms with Gasteiger partial charge in [-0.05, 0) is 36.1 Å². The van der Waals surface area contributed by atoms with Gasteiger partial charge in [-0.2, -0.15) is 5.10 Å². The van der Waals surface area contributed by atoms with Crippen LogP contribution in [0.3, 0.4) is 0 Å². The van der Waals surface area contributed by atoms with Crippen LogP contribution in [-0.2, 0) is 13.0 Å². The van der Waals surface area contributed by atoms with Gasteiger partial charge in [0.25, 0.3) is 0 Å². The van der Waals surface area contributed by atoms with Crippen LogP contribution in [0.4, 0.5) is 8.78 Å². The topological polar surface area (TPSA) is 43.8 Å². The van der Waals surface area contributed by atoms with Crippen LogP contribution >= 0.6 is 0 Å². The lowest BCUT2D eigenvalue weighted by Crippen LogP contribution is -2.21. The van der Waals surface area contributed by atoms with Crippen LogP contribution in [0.5, 0.6) is 0 Å². The second kappa shape index (κ2) is 5.93. The molecule has 0 radical (unpaired) electrons. The summed E-state index contributed by atoms with van der Waals surface area (Å²) in [5.41, 5.74) is 7.45. The molecule has 2 N–H and O–H groups in total. The summed E-state index contributed by atoms with van der Waals surface area (Å²) >= 11 is 0. The summed E-state index contributed by atoms with van der Waals surface area (Å²) in [5, 5.41) is 4.17. The SMILES string of the molecule is CCC(N)Cc1cnn(Cc2cc(F)cc(F)c2)c1. The quantitative estimate of drug-likeness (QED) is 0.902. The maximum absolute atomic E-state index is 13.1. The smallest absolute Gasteiger partial charge is 0.126 e. The first-order valence-corrected chi connectivity index (χ1v) is 6.28. The molecule has 0 saturated carbocycles. The van der Waals surface area contributed by atoms with Gasteiger partial charge in [0.2, 0.25) is 0 Å². The molecule has 19 heavy (non-hydrogen) atoms. The fourth-order valence-electron chi connectivity index (χ4n) is 1.93. The third-order valence-corrected chi connectivity index (χ3v) is 2.98. The Morgan fingerprint density at radius 3 is 2.53 bits per heavy atom. The van der Waals surface area contributed by atoms with E-state index in [1.807, 2.05) is 13.1 Å². The number of nitrogens with zero attached hydrogens (tertiary/aromatic N) is 2. The second-order valence-electron chi connectivity index (χ2n) is 4.70. The average Bonchev–Trinajstić information content (AvgIpc) is 2.74. The predicted octanol–water partition coefficient (Wildman–Crippen LogP) is 2.49. The summed E-state index contributed by atoms with van der Waals surface area (Å²) in [6.45, 7) is 2.38. The van der Waals surface area contributed by atoms with Gasteiger partial charge in [-0.15, -0.1) is 0 Å². The number of halogens is 2. The van der Waals surface area contributed by atoms with Gasteiger partial charge in [-0.3, -0.25) is 4.68 Å². The summed E-state index contributed by atoms with van der Waals surface area (Å²) in [6, 6.07) is 3.59. The molecule has 2 aromatic rings. The number of rotatable bonds is 5. The molecule has 0 aliphatic heterocycles. The highest BCUT2D eigenvalue weighted by atomic mass is 19.1. The molecule has 0 bridgehead atoms. The van der Waals surface area contributed by atoms with Gasteiger partial charge < -0.3 is 5.73 Å². The Balaban J connectivity index is 2.07. The summed E-state index contributed by atoms with van der Waals surface area (Å²) in [4.78, 5) is 0. The van der Waals surface area contributed by atoms with E-state index in [2.05, 4.69) is 5.10 Å². The molecule has 3 nitrogen and oxygen atoms in total. The van der Waals surface area contributed by atoms with Gasteiger partial charge in [0.15, 0.2) is 0 Å². The van der Waals surface area contributed by atoms with Crippen molar-refractivity contribution in [3.05, 3.63) is 53.4 Å². The summed E-state index contributed by atoms with van der Waals surface area (Å²) < 4.78 is 27.8. The van der Waals surface area contributed by atoms with E-state index >= 15 is 0 Å². The monoisotopic (exact) mass is 265 g/mol. The lowest BCUT2D eigenvalue weighted by atomic mass is 10.1. The Labute approximate surface area is 111 Å². The second-order valence-corrected chi connectivity index (χ2v) is 4.70. The zero-order chi connectivity index (χ0) is 13.8. The van der Waals surface area contributed by atoms with Gasteiger partial charge >= 0.3 is 0 Å². The minimum atomic E-state index is -0.574. The van der Waals surface area contributed by atoms with Crippen LogP contribution in [0.2, 0.25) is 0 Å². The van der Waals surface area contributed by atoms with Gasteiger partial charge in [-0.25, -0.2) is 8.78 Å². The van der Waals surface area contributed by atoms with Crippen LogP contribution in [0.15, 0.2) is 30.6 Å². The van der Waals surface area contributed by atoms with Crippen molar-refractivity contribution in [1.29, 1.82) is 0 Å². The minimum Gasteiger partial charge on any atom is -0.327 e. The van der Waals surface area contributed by atoms with Crippen molar-refractivity contribution in [2.75, 3.05) is 0 Å². The Hall–Kier alpha value is -1.75. The Bertz CT molecular complexity index is 531. The molecule has 1 heterocycles. The fraction of sp³-hybridized carbons (Fsp3) is 0.357. The molecular formula is C14H17F2N3. The normalized spacial score (nSPS) is 12.6. The number of nitrogens with two attached hydrogens (primary N) is 1. The first kappa shape index (κ1) is 13.7. The first-order chi connectivity index (χ1) is 9.06. The highest BCUT2D eigenvalue weighted by Crippen LogP contribution is 2.10. The van der Waals surface area contributed by atoms with Crippen molar-refractivity contribution in [2.24, 2.45) is 5.73 Å². The van der Waals surface area contributed by atoms with E-state index in [1.54, 1.807) is 10.9 Å². The van der Waals surface area contributed by atoms with Crippen molar-refractivity contribution in [1.82, 2.24) is 9.78 Å². The van der Waals surface area contributed by atoms with Gasteiger partial charge in [0.1, 0.15) is 11.6 Å². The van der Waals surface area contributed by atoms with E-state index in [4.69, 9.17) is 5.73 Å². The minimum absolute atomic E-state index is 0.115. The predicted molar refractivity (Wildman–Crippen MR) is 69.7 cm³/mol. The molecule has 0 saturated heterocycles. The number of aromatic nitrogens is 2. The van der Waals surface area contributed by atoms with Crippen molar-refractivity contribution in [3.8, 4) is 0 Å². The van der Waals surface area contributed by atoms with Crippen LogP contribution < -0.4 is 5.73 Å². The van der Waals surface area contributed by atoms with Crippen LogP contribution in [0, 0.1) is 11.6 Å². The summed E-state index contributed by atoms with van der Waals surface area (Å²) in [5.74, 6) is -1.15. The van der Waals surface area contributed by atoms with Crippen molar-refractivity contribution < 1.29 is 8.78 Å². The molecule has 2 rings (SSSR count). The van der Waals surface area contributed by atoms with E-state index in [0.717, 1.165) is 24.5 Å². The molecule has 1 atom stereocenters. The Morgan fingerprint density at radius 2 is 1.89 bits per heavy atom. The van der Waals surface area contributed by atoms with E-state index in [9.17, 15) is 8.78 Å². The van der Waals surface area contributed by atoms with Gasteiger partial charge in [0.05, 0.1) is 12.7 Å². The van der Waals surface area contributed by atoms with Crippen molar-refractivity contribution in [2.45, 2.75) is 32.4 Å². The maximum atomic E-state index is 13.1. The molecule has 1 aromatic heterocycles. The molecule has 5 heteroatoms. The van der Waals surface area contributed by atoms with E-state index in [0.29, 0.717) is 12.1 Å². The molecule has 0 spiro atoms. The zero-order valence-corrected chi connectivity index (χ0v) is 10.8. The summed E-state index contributed by atoms with van der Waals surface area (Å²) in [6.07, 6.45) is 5.26. The van der Waals surface area contributed by atoms with Crippen LogP contribution in [0.25, 0.3) is 0 Å². The standard InChI is InChI=1S/C14H17F2N3/c1-2-14(17)5-11-7-18-19(9-11)8-10-3-12(15)6-13(16)4-10/h3-4,6-7,9,14H,2,5,8,17H2,1H3. The Morgan fingerprint density at radius 1 is 1.21 bits per heavy atom. The molecule has 0 aliphatic rings. The molecule has 0 aliphatic carbocycles. The molecule has 1 unspecified atom stereocenters. The zero-order valence-electron chi connectivity index (χ0n) is 10.8. The molecular weight excluding hydrogens is 248 g/mol. The lowest BCUT2D eigenvalue weighted by molar-refractivity contribution is 0.574. The summed E-state index contributed by atoms with van der Waals surface area (Å²) in [7, 11) is 0. The number of benzene rings is 1. The van der Waals surface area contributed by atoms with Crippen LogP contribution in [-0.4, -0.2) is 15.8 Å². The molecule has 1 aromatic carbocycles. The van der Waals surface area contributed by atoms with E-state index < -0.39 is 11.6 Å². The highest BCUT2D eigenvalue weighted by molar-refractivity contribution is 5.18. The largest absolute Gasteiger partial charge is 0.327 e. The van der Waals surface area contributed by atoms with E-state index in [-0.39, 0.29) is 6.04 Å². The highest BCUT2D eigenvalue weighted by Gasteiger charge is 2.06. The molecule has 0 fully saturated rings. The van der Waals surface area contributed by atoms with Crippen molar-refractivity contribution in [3.63, 3.8) is 0 Å². The third-order valence-electron chi connectivity index (χ3n) is 2.98. The number of hydrogen-bond acceptors (Lipinski definition) is 2. The fourth-order valence-corrected chi connectivity index (χ4v) is 1.93. The van der Waals surface area contributed by atoms with Gasteiger partial charge in [-0.1, -0.05) is 6.92 Å². The maximum Gasteiger partial charge on any atom is 0.126 e. The molecule has 102 valence electrons. The first-order valence-electron chi connectivity index (χ1n) is 6.28. The molecule has 0 amide bonds. The van der Waals surface area contributed by atoms with Crippen LogP contribution in [0.1, 0.15) is 24.5 Å².